The molecule has 0 fully saturated rings. The van der Waals surface area contributed by atoms with Gasteiger partial charge in [-0.2, -0.15) is 17.6 Å². The lowest BCUT2D eigenvalue weighted by Gasteiger charge is -2.18. The molecule has 70 heavy (non-hydrogen) atoms. The zero-order chi connectivity index (χ0) is 50.1. The number of aliphatic hydroxyl groups excluding tert-OH is 2. The summed E-state index contributed by atoms with van der Waals surface area (Å²) in [6, 6.07) is 9.50. The van der Waals surface area contributed by atoms with Gasteiger partial charge in [0, 0.05) is 94.5 Å². The summed E-state index contributed by atoms with van der Waals surface area (Å²) >= 11 is 0. The normalized spacial score (nSPS) is 17.9. The number of benzene rings is 2. The predicted molar refractivity (Wildman–Crippen MR) is 232 cm³/mol. The largest absolute Gasteiger partial charge is 0.434 e. The number of aliphatic hydroxyl groups is 4. The van der Waals surface area contributed by atoms with E-state index in [4.69, 9.17) is 0 Å². The van der Waals surface area contributed by atoms with Crippen LogP contribution < -0.4 is 9.47 Å². The van der Waals surface area contributed by atoms with Crippen LogP contribution in [-0.4, -0.2) is 72.4 Å². The van der Waals surface area contributed by atoms with Crippen molar-refractivity contribution in [3.63, 3.8) is 0 Å². The number of hydrogen-bond donors (Lipinski definition) is 4. The number of hydrogen-bond acceptors (Lipinski definition) is 12. The smallest absolute Gasteiger partial charge is 0.387 e. The van der Waals surface area contributed by atoms with E-state index in [2.05, 4.69) is 39.4 Å². The van der Waals surface area contributed by atoms with Crippen molar-refractivity contribution in [2.75, 3.05) is 0 Å². The number of halogens is 8. The topological polar surface area (TPSA) is 186 Å². The molecule has 14 nitrogen and oxygen atoms in total. The summed E-state index contributed by atoms with van der Waals surface area (Å²) in [5.74, 6) is -4.98. The van der Waals surface area contributed by atoms with Crippen LogP contribution in [0.25, 0.3) is 33.5 Å². The van der Waals surface area contributed by atoms with Crippen molar-refractivity contribution in [3.05, 3.63) is 155 Å². The molecule has 6 aromatic heterocycles. The predicted octanol–water partition coefficient (Wildman–Crippen LogP) is 8.93. The SMILES string of the molecule is CC(C)(O)c1ncc(-c2cn3c4c(nc3cc2F)[C@@H](O)C[C@H]4c2c(F)cccc2OC(F)F)cn1.CC(C)(O)c1ncc(-c2cn3c4c(nc3cc2F)[C@H](O)C[C@@H]4c2c(F)cccc2OC(F)F)cn1. The van der Waals surface area contributed by atoms with Gasteiger partial charge in [0.05, 0.1) is 35.0 Å². The molecule has 6 heterocycles. The van der Waals surface area contributed by atoms with Crippen LogP contribution in [-0.2, 0) is 11.2 Å². The van der Waals surface area contributed by atoms with Crippen molar-refractivity contribution >= 4 is 11.3 Å². The second-order valence-corrected chi connectivity index (χ2v) is 17.7. The van der Waals surface area contributed by atoms with Crippen LogP contribution >= 0.6 is 0 Å². The molecule has 0 spiro atoms. The van der Waals surface area contributed by atoms with E-state index in [-0.39, 0.29) is 80.9 Å². The summed E-state index contributed by atoms with van der Waals surface area (Å²) in [5.41, 5.74) is -0.659. The summed E-state index contributed by atoms with van der Waals surface area (Å²) < 4.78 is 124. The van der Waals surface area contributed by atoms with Gasteiger partial charge in [-0.1, -0.05) is 12.1 Å². The van der Waals surface area contributed by atoms with Gasteiger partial charge in [0.1, 0.15) is 57.3 Å². The fourth-order valence-corrected chi connectivity index (χ4v) is 8.89. The number of nitrogens with zero attached hydrogens (tertiary/aromatic N) is 8. The lowest BCUT2D eigenvalue weighted by atomic mass is 9.94. The van der Waals surface area contributed by atoms with E-state index in [0.717, 1.165) is 24.3 Å². The Kier molecular flexibility index (Phi) is 12.3. The Labute approximate surface area is 391 Å². The molecule has 0 radical (unpaired) electrons. The van der Waals surface area contributed by atoms with Crippen molar-refractivity contribution in [1.29, 1.82) is 0 Å². The molecule has 0 amide bonds. The average Bonchev–Trinajstić information content (AvgIpc) is 4.02. The summed E-state index contributed by atoms with van der Waals surface area (Å²) in [4.78, 5) is 25.0. The number of imidazole rings is 2. The van der Waals surface area contributed by atoms with Gasteiger partial charge in [-0.3, -0.25) is 0 Å². The summed E-state index contributed by atoms with van der Waals surface area (Å²) in [5, 5.41) is 41.4. The van der Waals surface area contributed by atoms with E-state index in [0.29, 0.717) is 22.5 Å². The Morgan fingerprint density at radius 3 is 1.26 bits per heavy atom. The first-order valence-corrected chi connectivity index (χ1v) is 21.4. The number of ether oxygens (including phenoxy) is 2. The zero-order valence-electron chi connectivity index (χ0n) is 37.2. The van der Waals surface area contributed by atoms with E-state index in [1.165, 1.54) is 97.9 Å². The second-order valence-electron chi connectivity index (χ2n) is 17.7. The molecule has 10 rings (SSSR count). The van der Waals surface area contributed by atoms with E-state index >= 15 is 8.78 Å². The second kappa shape index (κ2) is 18.0. The standard InChI is InChI=1S/2C24H20F4N4O3/c2*1-24(2,34)22-29-8-11(9-30-22)13-10-32-18(7-15(13)26)31-20-16(33)6-12(21(20)32)19-14(25)4-3-5-17(19)35-23(27)28/h2*3-5,7-10,12,16,23,33-34H,6H2,1-2H3/t2*12-,16-/m10/s1. The maximum absolute atomic E-state index is 15.0. The van der Waals surface area contributed by atoms with Gasteiger partial charge < -0.3 is 38.7 Å². The van der Waals surface area contributed by atoms with Crippen molar-refractivity contribution in [2.45, 2.75) is 89.0 Å². The highest BCUT2D eigenvalue weighted by Gasteiger charge is 2.41. The molecule has 2 aliphatic rings. The molecule has 4 N–H and O–H groups in total. The third-order valence-electron chi connectivity index (χ3n) is 11.9. The Balaban J connectivity index is 0.000000174. The lowest BCUT2D eigenvalue weighted by molar-refractivity contribution is -0.0515. The average molecular weight is 977 g/mol. The number of pyridine rings is 2. The van der Waals surface area contributed by atoms with Crippen molar-refractivity contribution in [2.24, 2.45) is 0 Å². The van der Waals surface area contributed by atoms with Crippen LogP contribution in [0.15, 0.2) is 85.7 Å². The first-order valence-electron chi connectivity index (χ1n) is 21.4. The van der Waals surface area contributed by atoms with Crippen LogP contribution in [0.1, 0.15) is 110 Å². The van der Waals surface area contributed by atoms with Gasteiger partial charge in [0.15, 0.2) is 11.6 Å². The number of aromatic nitrogens is 8. The van der Waals surface area contributed by atoms with Gasteiger partial charge in [0.25, 0.3) is 0 Å². The Bertz CT molecular complexity index is 3050. The maximum Gasteiger partial charge on any atom is 0.387 e. The summed E-state index contributed by atoms with van der Waals surface area (Å²) in [7, 11) is 0. The number of alkyl halides is 4. The van der Waals surface area contributed by atoms with E-state index in [1.807, 2.05) is 0 Å². The molecule has 8 aromatic rings. The van der Waals surface area contributed by atoms with Crippen LogP contribution in [0.5, 0.6) is 11.5 Å². The molecular formula is C48H40F8N8O6. The van der Waals surface area contributed by atoms with Crippen LogP contribution in [0.3, 0.4) is 0 Å². The molecule has 0 unspecified atom stereocenters. The zero-order valence-corrected chi connectivity index (χ0v) is 37.2. The molecule has 364 valence electrons. The Hall–Kier alpha value is -7.14. The fraction of sp³-hybridized carbons (Fsp3) is 0.292. The number of fused-ring (bicyclic) bond motifs is 6. The first-order chi connectivity index (χ1) is 33.1. The van der Waals surface area contributed by atoms with Gasteiger partial charge in [-0.15, -0.1) is 0 Å². The highest BCUT2D eigenvalue weighted by Crippen LogP contribution is 2.50. The molecule has 0 saturated heterocycles. The maximum atomic E-state index is 15.0. The minimum Gasteiger partial charge on any atom is -0.434 e. The van der Waals surface area contributed by atoms with Crippen molar-refractivity contribution in [1.82, 2.24) is 38.7 Å². The highest BCUT2D eigenvalue weighted by molar-refractivity contribution is 5.67. The van der Waals surface area contributed by atoms with Crippen LogP contribution in [0.4, 0.5) is 35.1 Å². The Morgan fingerprint density at radius 1 is 0.571 bits per heavy atom. The van der Waals surface area contributed by atoms with Crippen molar-refractivity contribution < 1.29 is 65.0 Å². The molecule has 0 aliphatic heterocycles. The van der Waals surface area contributed by atoms with E-state index in [1.54, 1.807) is 0 Å². The molecule has 4 atom stereocenters. The third-order valence-corrected chi connectivity index (χ3v) is 11.9. The molecule has 0 saturated carbocycles. The van der Waals surface area contributed by atoms with Gasteiger partial charge >= 0.3 is 13.2 Å². The van der Waals surface area contributed by atoms with Crippen LogP contribution in [0.2, 0.25) is 0 Å². The molecule has 2 aromatic carbocycles. The van der Waals surface area contributed by atoms with E-state index < -0.39 is 71.7 Å². The summed E-state index contributed by atoms with van der Waals surface area (Å²) in [6.07, 6.45) is 6.01. The van der Waals surface area contributed by atoms with Gasteiger partial charge in [-0.25, -0.2) is 47.5 Å². The lowest BCUT2D eigenvalue weighted by Crippen LogP contribution is -2.19. The third kappa shape index (κ3) is 8.86. The first kappa shape index (κ1) is 47.9. The van der Waals surface area contributed by atoms with Gasteiger partial charge in [-0.05, 0) is 64.8 Å². The monoisotopic (exact) mass is 976 g/mol. The van der Waals surface area contributed by atoms with Crippen LogP contribution in [0, 0.1) is 23.3 Å². The minimum absolute atomic E-state index is 0.0166. The molecule has 0 bridgehead atoms. The molecular weight excluding hydrogens is 937 g/mol. The number of rotatable bonds is 10. The van der Waals surface area contributed by atoms with Gasteiger partial charge in [0.2, 0.25) is 0 Å². The Morgan fingerprint density at radius 2 is 0.929 bits per heavy atom. The molecule has 2 aliphatic carbocycles. The highest BCUT2D eigenvalue weighted by atomic mass is 19.3. The molecule has 22 heteroatoms. The quantitative estimate of drug-likeness (QED) is 0.0956. The fourth-order valence-electron chi connectivity index (χ4n) is 8.89. The summed E-state index contributed by atoms with van der Waals surface area (Å²) in [6.45, 7) is -0.271. The van der Waals surface area contributed by atoms with E-state index in [9.17, 15) is 46.8 Å². The minimum atomic E-state index is -3.17. The van der Waals surface area contributed by atoms with Crippen molar-refractivity contribution in [3.8, 4) is 33.8 Å².